The van der Waals surface area contributed by atoms with Crippen LogP contribution in [0.15, 0.2) is 54.9 Å². The van der Waals surface area contributed by atoms with Crippen molar-refractivity contribution in [3.63, 3.8) is 0 Å². The van der Waals surface area contributed by atoms with E-state index in [1.165, 1.54) is 0 Å². The number of nitrogens with zero attached hydrogens (tertiary/aromatic N) is 2. The number of ether oxygens (including phenoxy) is 2. The Kier molecular flexibility index (Phi) is 9.68. The summed E-state index contributed by atoms with van der Waals surface area (Å²) in [7, 11) is 0. The number of alkyl halides is 2. The molecule has 39 heavy (non-hydrogen) atoms. The van der Waals surface area contributed by atoms with Gasteiger partial charge in [0, 0.05) is 11.8 Å². The molecule has 0 aliphatic rings. The molecule has 0 N–H and O–H groups in total. The predicted octanol–water partition coefficient (Wildman–Crippen LogP) is 7.79. The van der Waals surface area contributed by atoms with Gasteiger partial charge in [-0.2, -0.15) is 8.78 Å². The molecule has 0 fully saturated rings. The van der Waals surface area contributed by atoms with Crippen molar-refractivity contribution in [2.24, 2.45) is 0 Å². The molecule has 0 aliphatic carbocycles. The molecule has 0 aliphatic heterocycles. The van der Waals surface area contributed by atoms with Gasteiger partial charge in [0.1, 0.15) is 11.6 Å². The minimum atomic E-state index is -3.34. The molecule has 4 rings (SSSR count). The van der Waals surface area contributed by atoms with Crippen LogP contribution >= 0.6 is 0 Å². The van der Waals surface area contributed by atoms with E-state index in [4.69, 9.17) is 4.74 Å². The van der Waals surface area contributed by atoms with Gasteiger partial charge in [-0.25, -0.2) is 23.1 Å². The lowest BCUT2D eigenvalue weighted by molar-refractivity contribution is -0.0546. The van der Waals surface area contributed by atoms with E-state index in [1.54, 1.807) is 30.6 Å². The van der Waals surface area contributed by atoms with Gasteiger partial charge in [-0.15, -0.1) is 0 Å². The Balaban J connectivity index is 1.36. The van der Waals surface area contributed by atoms with Crippen molar-refractivity contribution in [3.8, 4) is 11.5 Å². The summed E-state index contributed by atoms with van der Waals surface area (Å²) >= 11 is 0. The summed E-state index contributed by atoms with van der Waals surface area (Å²) in [6, 6.07) is 10.8. The Morgan fingerprint density at radius 1 is 0.795 bits per heavy atom. The normalized spacial score (nSPS) is 11.4. The molecular weight excluding hydrogens is 515 g/mol. The second-order valence-corrected chi connectivity index (χ2v) is 9.25. The number of halogens is 5. The van der Waals surface area contributed by atoms with Gasteiger partial charge in [-0.1, -0.05) is 50.1 Å². The molecule has 0 saturated heterocycles. The maximum atomic E-state index is 15.2. The number of aromatic nitrogens is 2. The molecule has 1 aromatic heterocycles. The molecule has 0 bridgehead atoms. The van der Waals surface area contributed by atoms with Crippen molar-refractivity contribution in [2.75, 3.05) is 6.61 Å². The Morgan fingerprint density at radius 3 is 2.21 bits per heavy atom. The van der Waals surface area contributed by atoms with Crippen LogP contribution in [0.3, 0.4) is 0 Å². The van der Waals surface area contributed by atoms with Crippen LogP contribution in [0.2, 0.25) is 0 Å². The van der Waals surface area contributed by atoms with E-state index in [0.717, 1.165) is 42.3 Å². The molecule has 3 aromatic carbocycles. The molecule has 4 nitrogen and oxygen atoms in total. The molecule has 0 saturated carbocycles. The summed E-state index contributed by atoms with van der Waals surface area (Å²) in [4.78, 5) is 8.74. The van der Waals surface area contributed by atoms with Crippen molar-refractivity contribution in [3.05, 3.63) is 94.8 Å². The van der Waals surface area contributed by atoms with E-state index in [0.29, 0.717) is 42.0 Å². The summed E-state index contributed by atoms with van der Waals surface area (Å²) in [6.07, 6.45) is 8.20. The smallest absolute Gasteiger partial charge is 0.387 e. The fourth-order valence-electron chi connectivity index (χ4n) is 4.32. The summed E-state index contributed by atoms with van der Waals surface area (Å²) in [6.45, 7) is -0.555. The van der Waals surface area contributed by atoms with Gasteiger partial charge < -0.3 is 9.47 Å². The highest BCUT2D eigenvalue weighted by Gasteiger charge is 2.17. The summed E-state index contributed by atoms with van der Waals surface area (Å²) in [5, 5.41) is 1.17. The zero-order valence-corrected chi connectivity index (χ0v) is 21.5. The van der Waals surface area contributed by atoms with Gasteiger partial charge in [-0.05, 0) is 59.9 Å². The first-order chi connectivity index (χ1) is 18.8. The lowest BCUT2D eigenvalue weighted by Gasteiger charge is -2.11. The van der Waals surface area contributed by atoms with Crippen molar-refractivity contribution >= 4 is 10.8 Å². The Hall–Kier alpha value is -3.75. The molecular formula is C30H29F5N2O2. The van der Waals surface area contributed by atoms with Gasteiger partial charge in [-0.3, -0.25) is 0 Å². The first-order valence-electron chi connectivity index (χ1n) is 12.9. The summed E-state index contributed by atoms with van der Waals surface area (Å²) < 4.78 is 77.4. The van der Waals surface area contributed by atoms with Gasteiger partial charge in [0.2, 0.25) is 0 Å². The fraction of sp³-hybridized carbons (Fsp3) is 0.333. The van der Waals surface area contributed by atoms with Gasteiger partial charge in [0.05, 0.1) is 19.0 Å². The third-order valence-electron chi connectivity index (χ3n) is 6.38. The van der Waals surface area contributed by atoms with Crippen LogP contribution in [0.1, 0.15) is 48.7 Å². The first-order valence-corrected chi connectivity index (χ1v) is 12.9. The van der Waals surface area contributed by atoms with Gasteiger partial charge in [0.15, 0.2) is 23.1 Å². The molecule has 206 valence electrons. The van der Waals surface area contributed by atoms with Gasteiger partial charge >= 0.3 is 6.61 Å². The predicted molar refractivity (Wildman–Crippen MR) is 139 cm³/mol. The van der Waals surface area contributed by atoms with E-state index in [9.17, 15) is 17.6 Å². The molecule has 0 unspecified atom stereocenters. The minimum Gasteiger partial charge on any atom is -0.490 e. The third kappa shape index (κ3) is 7.65. The standard InChI is InChI=1S/C30H29F5N2O2/c1-2-3-4-13-38-23-17-36-27(37-18-23)12-7-19-6-11-24-22(14-19)10-9-21(28(24)33)8-5-20-15-25(31)29(26(32)16-20)39-30(34)35/h6,9-11,14-18,30H,2-5,7-8,12-13H2,1H3. The minimum absolute atomic E-state index is 0.117. The molecule has 9 heteroatoms. The van der Waals surface area contributed by atoms with E-state index in [2.05, 4.69) is 21.6 Å². The highest BCUT2D eigenvalue weighted by molar-refractivity contribution is 5.84. The quantitative estimate of drug-likeness (QED) is 0.127. The van der Waals surface area contributed by atoms with Crippen molar-refractivity contribution in [1.29, 1.82) is 0 Å². The van der Waals surface area contributed by atoms with Crippen molar-refractivity contribution in [2.45, 2.75) is 58.5 Å². The van der Waals surface area contributed by atoms with Crippen molar-refractivity contribution < 1.29 is 31.4 Å². The number of rotatable bonds is 13. The van der Waals surface area contributed by atoms with E-state index < -0.39 is 29.8 Å². The highest BCUT2D eigenvalue weighted by atomic mass is 19.3. The van der Waals surface area contributed by atoms with Crippen molar-refractivity contribution in [1.82, 2.24) is 9.97 Å². The average Bonchev–Trinajstić information content (AvgIpc) is 2.92. The zero-order chi connectivity index (χ0) is 27.8. The molecule has 0 radical (unpaired) electrons. The monoisotopic (exact) mass is 544 g/mol. The maximum Gasteiger partial charge on any atom is 0.387 e. The second-order valence-electron chi connectivity index (χ2n) is 9.25. The van der Waals surface area contributed by atoms with Crippen LogP contribution < -0.4 is 9.47 Å². The van der Waals surface area contributed by atoms with Crippen LogP contribution in [0.4, 0.5) is 22.0 Å². The average molecular weight is 545 g/mol. The van der Waals surface area contributed by atoms with Crippen LogP contribution in [0, 0.1) is 17.5 Å². The van der Waals surface area contributed by atoms with Gasteiger partial charge in [0.25, 0.3) is 0 Å². The van der Waals surface area contributed by atoms with Crippen LogP contribution in [-0.4, -0.2) is 23.2 Å². The fourth-order valence-corrected chi connectivity index (χ4v) is 4.32. The number of unbranched alkanes of at least 4 members (excludes halogenated alkanes) is 2. The lowest BCUT2D eigenvalue weighted by Crippen LogP contribution is -2.06. The van der Waals surface area contributed by atoms with Crippen LogP contribution in [0.25, 0.3) is 10.8 Å². The highest BCUT2D eigenvalue weighted by Crippen LogP contribution is 2.27. The lowest BCUT2D eigenvalue weighted by atomic mass is 9.98. The largest absolute Gasteiger partial charge is 0.490 e. The van der Waals surface area contributed by atoms with Crippen LogP contribution in [0.5, 0.6) is 11.5 Å². The second kappa shape index (κ2) is 13.4. The molecule has 1 heterocycles. The van der Waals surface area contributed by atoms with Crippen LogP contribution in [-0.2, 0) is 25.7 Å². The SMILES string of the molecule is CCCCCOc1cnc(CCc2ccc3c(F)c(CCc4cc(F)c(OC(F)F)c(F)c4)ccc3c2)nc1. The number of aryl methyl sites for hydroxylation is 4. The Morgan fingerprint density at radius 2 is 1.51 bits per heavy atom. The maximum absolute atomic E-state index is 15.2. The number of benzene rings is 3. The Labute approximate surface area is 223 Å². The Bertz CT molecular complexity index is 1370. The first kappa shape index (κ1) is 28.3. The zero-order valence-electron chi connectivity index (χ0n) is 21.5. The molecule has 0 atom stereocenters. The molecule has 4 aromatic rings. The number of hydrogen-bond donors (Lipinski definition) is 0. The molecule has 0 spiro atoms. The number of fused-ring (bicyclic) bond motifs is 1. The molecule has 0 amide bonds. The number of hydrogen-bond acceptors (Lipinski definition) is 4. The van der Waals surface area contributed by atoms with E-state index in [1.807, 2.05) is 12.1 Å². The summed E-state index contributed by atoms with van der Waals surface area (Å²) in [5.74, 6) is -2.64. The third-order valence-corrected chi connectivity index (χ3v) is 6.38. The van der Waals surface area contributed by atoms with E-state index in [-0.39, 0.29) is 18.4 Å². The summed E-state index contributed by atoms with van der Waals surface area (Å²) in [5.41, 5.74) is 1.60. The van der Waals surface area contributed by atoms with E-state index >= 15 is 4.39 Å². The topological polar surface area (TPSA) is 44.2 Å².